The van der Waals surface area contributed by atoms with E-state index in [0.717, 1.165) is 59.8 Å². The van der Waals surface area contributed by atoms with Gasteiger partial charge >= 0.3 is 0 Å². The van der Waals surface area contributed by atoms with Crippen molar-refractivity contribution < 1.29 is 22.5 Å². The highest BCUT2D eigenvalue weighted by Gasteiger charge is 2.19. The van der Waals surface area contributed by atoms with Crippen LogP contribution in [0, 0.1) is 0 Å². The summed E-state index contributed by atoms with van der Waals surface area (Å²) < 4.78 is 101. The Morgan fingerprint density at radius 1 is 0.411 bits per heavy atom. The Morgan fingerprint density at radius 2 is 1.05 bits per heavy atom. The first-order valence-electron chi connectivity index (χ1n) is 23.2. The lowest BCUT2D eigenvalue weighted by Crippen LogP contribution is -2.09. The van der Waals surface area contributed by atoms with Gasteiger partial charge in [0.05, 0.1) is 24.7 Å². The standard InChI is InChI=1S/C52H32N2O2/c1-3-11-36(12-4-1)53(39-25-28-50-45(31-39)40-15-7-9-17-48(40)55-50)38-23-19-33(20-24-38)34-21-26-46-43(29-34)44-30-35-22-27-51-52(41-16-8-10-18-49(41)56-51)42(35)32-47(44)54(46)37-13-5-2-6-14-37/h1-32H/i1D,2D,3D,4D,5D,6D,11D,12D,13D,14D. The molecule has 0 radical (unpaired) electrons. The summed E-state index contributed by atoms with van der Waals surface area (Å²) in [7, 11) is 0. The molecule has 4 heteroatoms. The van der Waals surface area contributed by atoms with E-state index in [9.17, 15) is 0 Å². The molecule has 0 spiro atoms. The summed E-state index contributed by atoms with van der Waals surface area (Å²) in [6, 6.07) is 38.3. The average molecular weight is 727 g/mol. The fourth-order valence-corrected chi connectivity index (χ4v) is 8.26. The van der Waals surface area contributed by atoms with Crippen LogP contribution in [0.2, 0.25) is 0 Å². The van der Waals surface area contributed by atoms with E-state index in [1.54, 1.807) is 9.47 Å². The van der Waals surface area contributed by atoms with E-state index in [2.05, 4.69) is 6.07 Å². The normalized spacial score (nSPS) is 14.4. The molecule has 0 aliphatic carbocycles. The van der Waals surface area contributed by atoms with Crippen molar-refractivity contribution in [2.45, 2.75) is 0 Å². The number of nitrogens with zero attached hydrogens (tertiary/aromatic N) is 2. The van der Waals surface area contributed by atoms with Crippen molar-refractivity contribution in [2.75, 3.05) is 4.90 Å². The van der Waals surface area contributed by atoms with Gasteiger partial charge in [0.1, 0.15) is 22.3 Å². The molecule has 0 unspecified atom stereocenters. The lowest BCUT2D eigenvalue weighted by atomic mass is 9.99. The summed E-state index contributed by atoms with van der Waals surface area (Å²) in [5, 5.41) is 6.97. The molecule has 56 heavy (non-hydrogen) atoms. The van der Waals surface area contributed by atoms with E-state index in [4.69, 9.17) is 22.5 Å². The second kappa shape index (κ2) is 12.0. The lowest BCUT2D eigenvalue weighted by molar-refractivity contribution is 0.668. The molecule has 12 aromatic rings. The summed E-state index contributed by atoms with van der Waals surface area (Å²) >= 11 is 0. The molecule has 3 aromatic heterocycles. The van der Waals surface area contributed by atoms with Gasteiger partial charge in [-0.15, -0.1) is 0 Å². The lowest BCUT2D eigenvalue weighted by Gasteiger charge is -2.25. The zero-order valence-electron chi connectivity index (χ0n) is 39.4. The van der Waals surface area contributed by atoms with Crippen molar-refractivity contribution >= 4 is 93.5 Å². The van der Waals surface area contributed by atoms with Crippen molar-refractivity contribution in [3.05, 3.63) is 194 Å². The summed E-state index contributed by atoms with van der Waals surface area (Å²) in [6.45, 7) is 0. The van der Waals surface area contributed by atoms with Crippen molar-refractivity contribution in [1.29, 1.82) is 0 Å². The fourth-order valence-electron chi connectivity index (χ4n) is 8.26. The molecule has 4 nitrogen and oxygen atoms in total. The van der Waals surface area contributed by atoms with Gasteiger partial charge in [-0.1, -0.05) is 96.9 Å². The topological polar surface area (TPSA) is 34.5 Å². The minimum Gasteiger partial charge on any atom is -0.456 e. The van der Waals surface area contributed by atoms with Crippen molar-refractivity contribution in [3.8, 4) is 16.8 Å². The van der Waals surface area contributed by atoms with E-state index < -0.39 is 36.3 Å². The smallest absolute Gasteiger partial charge is 0.136 e. The van der Waals surface area contributed by atoms with E-state index in [-0.39, 0.29) is 35.5 Å². The predicted molar refractivity (Wildman–Crippen MR) is 233 cm³/mol. The van der Waals surface area contributed by atoms with Crippen LogP contribution in [0.15, 0.2) is 203 Å². The van der Waals surface area contributed by atoms with Gasteiger partial charge in [-0.2, -0.15) is 0 Å². The van der Waals surface area contributed by atoms with Crippen LogP contribution in [0.4, 0.5) is 17.1 Å². The van der Waals surface area contributed by atoms with E-state index in [0.29, 0.717) is 39.2 Å². The molecule has 0 amide bonds. The van der Waals surface area contributed by atoms with Gasteiger partial charge in [0.15, 0.2) is 0 Å². The van der Waals surface area contributed by atoms with Crippen molar-refractivity contribution in [3.63, 3.8) is 0 Å². The number of benzene rings is 9. The molecule has 262 valence electrons. The molecule has 0 atom stereocenters. The van der Waals surface area contributed by atoms with E-state index >= 15 is 0 Å². The van der Waals surface area contributed by atoms with Gasteiger partial charge in [-0.25, -0.2) is 0 Å². The first-order chi connectivity index (χ1) is 31.9. The Bertz CT molecular complexity index is 4020. The number of hydrogen-bond donors (Lipinski definition) is 0. The van der Waals surface area contributed by atoms with Gasteiger partial charge in [0.2, 0.25) is 0 Å². The highest BCUT2D eigenvalue weighted by molar-refractivity contribution is 6.23. The molecule has 0 saturated carbocycles. The summed E-state index contributed by atoms with van der Waals surface area (Å²) in [4.78, 5) is 1.67. The molecule has 12 rings (SSSR count). The largest absolute Gasteiger partial charge is 0.456 e. The second-order valence-electron chi connectivity index (χ2n) is 13.8. The quantitative estimate of drug-likeness (QED) is 0.177. The van der Waals surface area contributed by atoms with Crippen LogP contribution in [-0.2, 0) is 0 Å². The molecule has 3 heterocycles. The Hall–Kier alpha value is -7.56. The molecule has 9 aromatic carbocycles. The third kappa shape index (κ3) is 4.66. The number of furan rings is 2. The van der Waals surface area contributed by atoms with Gasteiger partial charge in [0, 0.05) is 55.1 Å². The Morgan fingerprint density at radius 3 is 1.88 bits per heavy atom. The minimum atomic E-state index is -0.486. The number of rotatable bonds is 5. The summed E-state index contributed by atoms with van der Waals surface area (Å²) in [5.41, 5.74) is 6.88. The minimum absolute atomic E-state index is 0.00398. The third-order valence-electron chi connectivity index (χ3n) is 10.7. The van der Waals surface area contributed by atoms with Gasteiger partial charge in [-0.05, 0) is 119 Å². The Balaban J connectivity index is 1.06. The SMILES string of the molecule is [2H]c1c([2H])c([2H])c(N(c2ccc(-c3ccc4c(c3)c3cc5ccc6oc7ccccc7c6c5cc3n4-c3c([2H])c([2H])c([2H])c([2H])c3[2H])cc2)c2ccc3oc4ccccc4c3c2)c([2H])c1[2H]. The van der Waals surface area contributed by atoms with Crippen LogP contribution < -0.4 is 4.90 Å². The van der Waals surface area contributed by atoms with E-state index in [1.807, 2.05) is 127 Å². The van der Waals surface area contributed by atoms with Crippen LogP contribution in [0.25, 0.3) is 93.3 Å². The number of aromatic nitrogens is 1. The maximum Gasteiger partial charge on any atom is 0.136 e. The van der Waals surface area contributed by atoms with Crippen LogP contribution >= 0.6 is 0 Å². The zero-order valence-corrected chi connectivity index (χ0v) is 29.4. The monoisotopic (exact) mass is 726 g/mol. The highest BCUT2D eigenvalue weighted by atomic mass is 16.3. The number of para-hydroxylation sites is 4. The van der Waals surface area contributed by atoms with Crippen LogP contribution in [0.1, 0.15) is 13.7 Å². The molecular weight excluding hydrogens is 685 g/mol. The first-order valence-corrected chi connectivity index (χ1v) is 18.2. The molecule has 0 saturated heterocycles. The molecule has 0 bridgehead atoms. The van der Waals surface area contributed by atoms with Crippen molar-refractivity contribution in [2.24, 2.45) is 0 Å². The van der Waals surface area contributed by atoms with Gasteiger partial charge in [0.25, 0.3) is 0 Å². The maximum atomic E-state index is 9.05. The molecule has 0 aliphatic rings. The molecule has 0 fully saturated rings. The van der Waals surface area contributed by atoms with E-state index in [1.165, 1.54) is 0 Å². The predicted octanol–water partition coefficient (Wildman–Crippen LogP) is 14.9. The van der Waals surface area contributed by atoms with Crippen LogP contribution in [0.3, 0.4) is 0 Å². The third-order valence-corrected chi connectivity index (χ3v) is 10.7. The Labute approximate surface area is 335 Å². The summed E-state index contributed by atoms with van der Waals surface area (Å²) in [5.74, 6) is 0. The maximum absolute atomic E-state index is 9.05. The highest BCUT2D eigenvalue weighted by Crippen LogP contribution is 2.42. The average Bonchev–Trinajstić information content (AvgIpc) is 4.01. The number of fused-ring (bicyclic) bond motifs is 11. The molecule has 0 aliphatic heterocycles. The first kappa shape index (κ1) is 22.6. The second-order valence-corrected chi connectivity index (χ2v) is 13.8. The van der Waals surface area contributed by atoms with Gasteiger partial charge < -0.3 is 18.3 Å². The number of anilines is 3. The zero-order chi connectivity index (χ0) is 45.4. The fraction of sp³-hybridized carbons (Fsp3) is 0. The molecule has 0 N–H and O–H groups in total. The van der Waals surface area contributed by atoms with Gasteiger partial charge in [-0.3, -0.25) is 0 Å². The van der Waals surface area contributed by atoms with Crippen molar-refractivity contribution in [1.82, 2.24) is 4.57 Å². The van der Waals surface area contributed by atoms with Crippen LogP contribution in [-0.4, -0.2) is 4.57 Å². The Kier molecular flexibility index (Phi) is 4.83. The van der Waals surface area contributed by atoms with Crippen LogP contribution in [0.5, 0.6) is 0 Å². The number of hydrogen-bond acceptors (Lipinski definition) is 3. The molecular formula is C52H32N2O2. The summed E-state index contributed by atoms with van der Waals surface area (Å²) in [6.07, 6.45) is 0.